The van der Waals surface area contributed by atoms with Gasteiger partial charge in [-0.1, -0.05) is 17.7 Å². The minimum atomic E-state index is -0.799. The first-order chi connectivity index (χ1) is 7.15. The number of hydrogen-bond acceptors (Lipinski definition) is 3. The van der Waals surface area contributed by atoms with Crippen molar-refractivity contribution in [3.63, 3.8) is 0 Å². The Kier molecular flexibility index (Phi) is 4.54. The summed E-state index contributed by atoms with van der Waals surface area (Å²) in [6.45, 7) is -0.460. The quantitative estimate of drug-likeness (QED) is 0.786. The Bertz CT molecular complexity index is 344. The lowest BCUT2D eigenvalue weighted by molar-refractivity contribution is 0.274. The summed E-state index contributed by atoms with van der Waals surface area (Å²) in [5.74, 6) is -0.598. The van der Waals surface area contributed by atoms with Gasteiger partial charge in [0.15, 0.2) is 0 Å². The van der Waals surface area contributed by atoms with Gasteiger partial charge in [-0.25, -0.2) is 4.39 Å². The van der Waals surface area contributed by atoms with Crippen LogP contribution >= 0.6 is 11.6 Å². The fourth-order valence-electron chi connectivity index (χ4n) is 1.29. The summed E-state index contributed by atoms with van der Waals surface area (Å²) in [6, 6.07) is 2.96. The first-order valence-corrected chi connectivity index (χ1v) is 4.66. The molecule has 0 spiro atoms. The van der Waals surface area contributed by atoms with Crippen molar-refractivity contribution in [3.8, 4) is 0 Å². The van der Waals surface area contributed by atoms with Crippen LogP contribution in [0, 0.1) is 5.82 Å². The van der Waals surface area contributed by atoms with Crippen LogP contribution in [0.15, 0.2) is 12.1 Å². The fourth-order valence-corrected chi connectivity index (χ4v) is 1.50. The molecule has 0 unspecified atom stereocenters. The molecule has 82 valence electrons. The molecule has 0 radical (unpaired) electrons. The first kappa shape index (κ1) is 12.5. The molecular formula is C9H11BClFO3. The summed E-state index contributed by atoms with van der Waals surface area (Å²) in [6.07, 6.45) is 0. The molecule has 1 aromatic rings. The second kappa shape index (κ2) is 5.46. The van der Waals surface area contributed by atoms with Crippen molar-refractivity contribution in [1.82, 2.24) is 0 Å². The molecule has 0 fully saturated rings. The van der Waals surface area contributed by atoms with E-state index in [1.807, 2.05) is 0 Å². The largest absolute Gasteiger partial charge is 0.496 e. The van der Waals surface area contributed by atoms with Gasteiger partial charge in [-0.15, -0.1) is 0 Å². The van der Waals surface area contributed by atoms with Crippen LogP contribution in [0.1, 0.15) is 5.56 Å². The summed E-state index contributed by atoms with van der Waals surface area (Å²) < 4.78 is 23.6. The lowest BCUT2D eigenvalue weighted by atomic mass is 9.78. The summed E-state index contributed by atoms with van der Waals surface area (Å²) in [5.41, 5.74) is 0.265. The highest BCUT2D eigenvalue weighted by atomic mass is 35.5. The highest BCUT2D eigenvalue weighted by Gasteiger charge is 2.24. The van der Waals surface area contributed by atoms with Gasteiger partial charge in [0.05, 0.1) is 6.61 Å². The van der Waals surface area contributed by atoms with Crippen LogP contribution in [-0.4, -0.2) is 26.4 Å². The Morgan fingerprint density at radius 2 is 2.00 bits per heavy atom. The van der Waals surface area contributed by atoms with E-state index in [-0.39, 0.29) is 16.0 Å². The van der Waals surface area contributed by atoms with Crippen LogP contribution in [0.25, 0.3) is 0 Å². The third-order valence-electron chi connectivity index (χ3n) is 2.06. The third-order valence-corrected chi connectivity index (χ3v) is 2.41. The number of aliphatic hydroxyl groups excluding tert-OH is 1. The van der Waals surface area contributed by atoms with Crippen LogP contribution in [0.4, 0.5) is 4.39 Å². The molecular weight excluding hydrogens is 221 g/mol. The zero-order valence-corrected chi connectivity index (χ0v) is 9.21. The van der Waals surface area contributed by atoms with E-state index in [0.717, 1.165) is 0 Å². The van der Waals surface area contributed by atoms with E-state index >= 15 is 0 Å². The SMILES string of the molecule is COB(OC)c1ccc(Cl)c(CO)c1F. The van der Waals surface area contributed by atoms with E-state index in [1.54, 1.807) is 0 Å². The number of aliphatic hydroxyl groups is 1. The summed E-state index contributed by atoms with van der Waals surface area (Å²) in [5, 5.41) is 9.13. The monoisotopic (exact) mass is 232 g/mol. The van der Waals surface area contributed by atoms with Gasteiger partial charge < -0.3 is 14.4 Å². The Morgan fingerprint density at radius 3 is 2.47 bits per heavy atom. The van der Waals surface area contributed by atoms with Gasteiger partial charge in [0, 0.05) is 30.3 Å². The van der Waals surface area contributed by atoms with Crippen LogP contribution < -0.4 is 5.46 Å². The Balaban J connectivity index is 3.20. The first-order valence-electron chi connectivity index (χ1n) is 4.29. The van der Waals surface area contributed by atoms with Crippen LogP contribution in [-0.2, 0) is 15.9 Å². The molecule has 15 heavy (non-hydrogen) atoms. The van der Waals surface area contributed by atoms with E-state index in [9.17, 15) is 4.39 Å². The number of hydrogen-bond donors (Lipinski definition) is 1. The molecule has 1 N–H and O–H groups in total. The Morgan fingerprint density at radius 1 is 1.40 bits per heavy atom. The Hall–Kier alpha value is -0.615. The van der Waals surface area contributed by atoms with E-state index in [0.29, 0.717) is 0 Å². The van der Waals surface area contributed by atoms with Gasteiger partial charge in [-0.05, 0) is 6.07 Å². The van der Waals surface area contributed by atoms with Crippen molar-refractivity contribution < 1.29 is 18.8 Å². The van der Waals surface area contributed by atoms with E-state index < -0.39 is 19.5 Å². The van der Waals surface area contributed by atoms with Crippen LogP contribution in [0.2, 0.25) is 5.02 Å². The summed E-state index contributed by atoms with van der Waals surface area (Å²) in [4.78, 5) is 0. The smallest absolute Gasteiger partial charge is 0.410 e. The highest BCUT2D eigenvalue weighted by Crippen LogP contribution is 2.18. The topological polar surface area (TPSA) is 38.7 Å². The third kappa shape index (κ3) is 2.49. The highest BCUT2D eigenvalue weighted by molar-refractivity contribution is 6.61. The summed E-state index contributed by atoms with van der Waals surface area (Å²) in [7, 11) is 2.01. The van der Waals surface area contributed by atoms with E-state index in [2.05, 4.69) is 0 Å². The molecule has 0 amide bonds. The zero-order chi connectivity index (χ0) is 11.4. The average molecular weight is 232 g/mol. The van der Waals surface area contributed by atoms with Gasteiger partial charge in [0.25, 0.3) is 0 Å². The molecule has 3 nitrogen and oxygen atoms in total. The van der Waals surface area contributed by atoms with Gasteiger partial charge in [-0.3, -0.25) is 0 Å². The molecule has 0 aliphatic carbocycles. The molecule has 0 aliphatic rings. The predicted octanol–water partition coefficient (Wildman–Crippen LogP) is 0.959. The van der Waals surface area contributed by atoms with Crippen LogP contribution in [0.5, 0.6) is 0 Å². The van der Waals surface area contributed by atoms with Crippen molar-refractivity contribution in [3.05, 3.63) is 28.5 Å². The number of rotatable bonds is 4. The summed E-state index contributed by atoms with van der Waals surface area (Å²) >= 11 is 5.71. The maximum Gasteiger partial charge on any atom is 0.496 e. The molecule has 0 saturated heterocycles. The van der Waals surface area contributed by atoms with Crippen molar-refractivity contribution >= 4 is 24.2 Å². The Labute approximate surface area is 92.9 Å². The molecule has 1 aromatic carbocycles. The molecule has 0 aromatic heterocycles. The van der Waals surface area contributed by atoms with Gasteiger partial charge in [0.2, 0.25) is 0 Å². The molecule has 0 atom stereocenters. The van der Waals surface area contributed by atoms with E-state index in [4.69, 9.17) is 26.0 Å². The average Bonchev–Trinajstić information content (AvgIpc) is 2.23. The zero-order valence-electron chi connectivity index (χ0n) is 8.46. The van der Waals surface area contributed by atoms with Gasteiger partial charge in [-0.2, -0.15) is 0 Å². The van der Waals surface area contributed by atoms with Crippen molar-refractivity contribution in [1.29, 1.82) is 0 Å². The minimum Gasteiger partial charge on any atom is -0.410 e. The van der Waals surface area contributed by atoms with Gasteiger partial charge >= 0.3 is 7.12 Å². The molecule has 0 saturated carbocycles. The maximum atomic E-state index is 13.8. The van der Waals surface area contributed by atoms with Crippen LogP contribution in [0.3, 0.4) is 0 Å². The normalized spacial score (nSPS) is 10.5. The number of benzene rings is 1. The minimum absolute atomic E-state index is 0.0493. The van der Waals surface area contributed by atoms with Crippen molar-refractivity contribution in [2.45, 2.75) is 6.61 Å². The van der Waals surface area contributed by atoms with Gasteiger partial charge in [0.1, 0.15) is 5.82 Å². The lowest BCUT2D eigenvalue weighted by Crippen LogP contribution is -2.37. The molecule has 6 heteroatoms. The van der Waals surface area contributed by atoms with Crippen molar-refractivity contribution in [2.75, 3.05) is 14.2 Å². The fraction of sp³-hybridized carbons (Fsp3) is 0.333. The van der Waals surface area contributed by atoms with E-state index in [1.165, 1.54) is 26.4 Å². The predicted molar refractivity (Wildman–Crippen MR) is 56.7 cm³/mol. The lowest BCUT2D eigenvalue weighted by Gasteiger charge is -2.12. The molecule has 0 aliphatic heterocycles. The standard InChI is InChI=1S/C9H11BClFO3/c1-14-10(15-2)7-3-4-8(11)6(5-13)9(7)12/h3-4,13H,5H2,1-2H3. The molecule has 0 bridgehead atoms. The molecule has 1 rings (SSSR count). The van der Waals surface area contributed by atoms with Crippen molar-refractivity contribution in [2.24, 2.45) is 0 Å². The number of halogens is 2. The second-order valence-corrected chi connectivity index (χ2v) is 3.30. The maximum absolute atomic E-state index is 13.8. The second-order valence-electron chi connectivity index (χ2n) is 2.89. The molecule has 0 heterocycles.